The third kappa shape index (κ3) is 5.24. The molecule has 4 rings (SSSR count). The molecule has 34 heavy (non-hydrogen) atoms. The number of nitrogens with zero attached hydrogens (tertiary/aromatic N) is 2. The summed E-state index contributed by atoms with van der Waals surface area (Å²) in [6.45, 7) is 3.60. The van der Waals surface area contributed by atoms with E-state index in [0.717, 1.165) is 28.3 Å². The summed E-state index contributed by atoms with van der Waals surface area (Å²) < 4.78 is 17.5. The second kappa shape index (κ2) is 9.87. The average Bonchev–Trinajstić information content (AvgIpc) is 3.27. The second-order valence-corrected chi connectivity index (χ2v) is 8.71. The van der Waals surface area contributed by atoms with Crippen LogP contribution in [-0.2, 0) is 15.1 Å². The summed E-state index contributed by atoms with van der Waals surface area (Å²) in [5.41, 5.74) is 3.41. The lowest BCUT2D eigenvalue weighted by Gasteiger charge is -2.35. The molecule has 1 atom stereocenters. The van der Waals surface area contributed by atoms with Gasteiger partial charge in [0.05, 0.1) is 30.3 Å². The predicted molar refractivity (Wildman–Crippen MR) is 126 cm³/mol. The van der Waals surface area contributed by atoms with Crippen molar-refractivity contribution in [3.63, 3.8) is 0 Å². The Labute approximate surface area is 198 Å². The number of methoxy groups -OCH3 is 1. The number of hydrogen-bond acceptors (Lipinski definition) is 6. The molecular formula is C26H30N2O6. The standard InChI is InChI=1S/C26H30N2O6/c1-17-4-6-19(7-5-17)23-16-24(27-28(23)20-8-10-21(32-3)11-9-20)26(31)14-12-22(13-15-26)33-18(2)34-25(29)30/h4-11,16,18,22,31H,12-15H2,1-3H3,(H,29,30). The predicted octanol–water partition coefficient (Wildman–Crippen LogP) is 5.04. The van der Waals surface area contributed by atoms with E-state index in [4.69, 9.17) is 19.7 Å². The minimum absolute atomic E-state index is 0.185. The van der Waals surface area contributed by atoms with Gasteiger partial charge in [-0.15, -0.1) is 0 Å². The maximum absolute atomic E-state index is 11.5. The van der Waals surface area contributed by atoms with E-state index in [1.807, 2.05) is 41.9 Å². The van der Waals surface area contributed by atoms with Crippen molar-refractivity contribution in [3.8, 4) is 22.7 Å². The molecule has 0 bridgehead atoms. The molecule has 0 spiro atoms. The molecule has 0 aliphatic heterocycles. The van der Waals surface area contributed by atoms with Crippen molar-refractivity contribution >= 4 is 6.16 Å². The number of ether oxygens (including phenoxy) is 3. The fraction of sp³-hybridized carbons (Fsp3) is 0.385. The van der Waals surface area contributed by atoms with E-state index in [0.29, 0.717) is 31.4 Å². The number of carbonyl (C=O) groups is 1. The van der Waals surface area contributed by atoms with Crippen molar-refractivity contribution in [1.82, 2.24) is 9.78 Å². The van der Waals surface area contributed by atoms with Crippen molar-refractivity contribution in [2.75, 3.05) is 7.11 Å². The molecule has 1 saturated carbocycles. The van der Waals surface area contributed by atoms with Crippen LogP contribution in [0.25, 0.3) is 16.9 Å². The van der Waals surface area contributed by atoms with Crippen molar-refractivity contribution in [3.05, 3.63) is 65.9 Å². The van der Waals surface area contributed by atoms with Crippen LogP contribution in [0.5, 0.6) is 5.75 Å². The molecule has 3 aromatic rings. The van der Waals surface area contributed by atoms with E-state index in [1.165, 1.54) is 0 Å². The van der Waals surface area contributed by atoms with Crippen molar-refractivity contribution in [2.45, 2.75) is 57.5 Å². The van der Waals surface area contributed by atoms with Gasteiger partial charge in [0.1, 0.15) is 11.4 Å². The Morgan fingerprint density at radius 3 is 2.35 bits per heavy atom. The Morgan fingerprint density at radius 2 is 1.76 bits per heavy atom. The maximum atomic E-state index is 11.5. The third-order valence-corrected chi connectivity index (χ3v) is 6.26. The monoisotopic (exact) mass is 466 g/mol. The molecule has 1 unspecified atom stereocenters. The Kier molecular flexibility index (Phi) is 6.90. The highest BCUT2D eigenvalue weighted by Crippen LogP contribution is 2.40. The van der Waals surface area contributed by atoms with Crippen LogP contribution in [0.2, 0.25) is 0 Å². The molecule has 1 aliphatic rings. The first-order valence-electron chi connectivity index (χ1n) is 11.4. The smallest absolute Gasteiger partial charge is 0.497 e. The first-order chi connectivity index (χ1) is 16.3. The van der Waals surface area contributed by atoms with E-state index in [2.05, 4.69) is 29.0 Å². The Hall–Kier alpha value is -3.36. The second-order valence-electron chi connectivity index (χ2n) is 8.71. The zero-order chi connectivity index (χ0) is 24.3. The van der Waals surface area contributed by atoms with Crippen molar-refractivity contribution in [1.29, 1.82) is 0 Å². The zero-order valence-corrected chi connectivity index (χ0v) is 19.6. The van der Waals surface area contributed by atoms with Crippen LogP contribution in [0.1, 0.15) is 43.9 Å². The van der Waals surface area contributed by atoms with Gasteiger partial charge in [-0.1, -0.05) is 29.8 Å². The molecule has 1 heterocycles. The number of aromatic nitrogens is 2. The van der Waals surface area contributed by atoms with Gasteiger partial charge in [-0.2, -0.15) is 5.10 Å². The normalized spacial score (nSPS) is 21.1. The van der Waals surface area contributed by atoms with Gasteiger partial charge in [0.25, 0.3) is 0 Å². The lowest BCUT2D eigenvalue weighted by Crippen LogP contribution is -2.36. The molecule has 180 valence electrons. The molecule has 1 aliphatic carbocycles. The summed E-state index contributed by atoms with van der Waals surface area (Å²) in [6.07, 6.45) is -0.369. The van der Waals surface area contributed by atoms with E-state index in [-0.39, 0.29) is 6.10 Å². The Bertz CT molecular complexity index is 1120. The summed E-state index contributed by atoms with van der Waals surface area (Å²) in [5, 5.41) is 25.1. The van der Waals surface area contributed by atoms with Crippen LogP contribution in [0, 0.1) is 6.92 Å². The van der Waals surface area contributed by atoms with Gasteiger partial charge in [-0.25, -0.2) is 9.48 Å². The van der Waals surface area contributed by atoms with Crippen molar-refractivity contribution < 1.29 is 29.2 Å². The fourth-order valence-electron chi connectivity index (χ4n) is 4.36. The number of aryl methyl sites for hydroxylation is 1. The molecular weight excluding hydrogens is 436 g/mol. The SMILES string of the molecule is COc1ccc(-n2nc(C3(O)CCC(OC(C)OC(=O)O)CC3)cc2-c2ccc(C)cc2)cc1. The molecule has 2 N–H and O–H groups in total. The molecule has 8 heteroatoms. The zero-order valence-electron chi connectivity index (χ0n) is 19.6. The molecule has 0 radical (unpaired) electrons. The molecule has 0 saturated heterocycles. The van der Waals surface area contributed by atoms with Crippen LogP contribution >= 0.6 is 0 Å². The molecule has 1 aromatic heterocycles. The minimum Gasteiger partial charge on any atom is -0.497 e. The molecule has 2 aromatic carbocycles. The van der Waals surface area contributed by atoms with Gasteiger partial charge >= 0.3 is 6.16 Å². The number of rotatable bonds is 7. The number of aliphatic hydroxyl groups is 1. The van der Waals surface area contributed by atoms with Crippen LogP contribution in [0.3, 0.4) is 0 Å². The van der Waals surface area contributed by atoms with Gasteiger partial charge in [-0.3, -0.25) is 0 Å². The first kappa shape index (κ1) is 23.8. The first-order valence-corrected chi connectivity index (χ1v) is 11.4. The van der Waals surface area contributed by atoms with Crippen LogP contribution in [0.15, 0.2) is 54.6 Å². The topological polar surface area (TPSA) is 103 Å². The minimum atomic E-state index is -1.37. The van der Waals surface area contributed by atoms with E-state index >= 15 is 0 Å². The number of benzene rings is 2. The van der Waals surface area contributed by atoms with Gasteiger partial charge in [0.2, 0.25) is 6.29 Å². The Morgan fingerprint density at radius 1 is 1.12 bits per heavy atom. The highest BCUT2D eigenvalue weighted by Gasteiger charge is 2.38. The molecule has 8 nitrogen and oxygen atoms in total. The van der Waals surface area contributed by atoms with E-state index < -0.39 is 18.0 Å². The summed E-state index contributed by atoms with van der Waals surface area (Å²) in [6, 6.07) is 17.8. The largest absolute Gasteiger partial charge is 0.508 e. The fourth-order valence-corrected chi connectivity index (χ4v) is 4.36. The third-order valence-electron chi connectivity index (χ3n) is 6.26. The highest BCUT2D eigenvalue weighted by atomic mass is 16.8. The summed E-state index contributed by atoms with van der Waals surface area (Å²) >= 11 is 0. The van der Waals surface area contributed by atoms with Gasteiger partial charge in [0.15, 0.2) is 0 Å². The van der Waals surface area contributed by atoms with Gasteiger partial charge in [0, 0.05) is 5.56 Å². The highest BCUT2D eigenvalue weighted by molar-refractivity contribution is 5.63. The average molecular weight is 467 g/mol. The quantitative estimate of drug-likeness (QED) is 0.371. The van der Waals surface area contributed by atoms with Crippen LogP contribution in [-0.4, -0.2) is 45.7 Å². The maximum Gasteiger partial charge on any atom is 0.508 e. The molecule has 0 amide bonds. The lowest BCUT2D eigenvalue weighted by atomic mass is 9.81. The number of hydrogen-bond donors (Lipinski definition) is 2. The van der Waals surface area contributed by atoms with E-state index in [1.54, 1.807) is 14.0 Å². The van der Waals surface area contributed by atoms with Crippen LogP contribution < -0.4 is 4.74 Å². The number of carboxylic acid groups (broad SMARTS) is 1. The summed E-state index contributed by atoms with van der Waals surface area (Å²) in [5.74, 6) is 0.756. The molecule has 1 fully saturated rings. The van der Waals surface area contributed by atoms with Crippen LogP contribution in [0.4, 0.5) is 4.79 Å². The van der Waals surface area contributed by atoms with Gasteiger partial charge < -0.3 is 24.4 Å². The Balaban J connectivity index is 1.61. The van der Waals surface area contributed by atoms with Gasteiger partial charge in [-0.05, 0) is 69.9 Å². The van der Waals surface area contributed by atoms with Crippen molar-refractivity contribution in [2.24, 2.45) is 0 Å². The summed E-state index contributed by atoms with van der Waals surface area (Å²) in [7, 11) is 1.63. The van der Waals surface area contributed by atoms with E-state index in [9.17, 15) is 9.90 Å². The summed E-state index contributed by atoms with van der Waals surface area (Å²) in [4.78, 5) is 10.7. The lowest BCUT2D eigenvalue weighted by molar-refractivity contribution is -0.158.